The molecule has 0 N–H and O–H groups in total. The van der Waals surface area contributed by atoms with Gasteiger partial charge in [-0.1, -0.05) is 12.1 Å². The van der Waals surface area contributed by atoms with Crippen molar-refractivity contribution in [3.63, 3.8) is 0 Å². The van der Waals surface area contributed by atoms with E-state index < -0.39 is 17.8 Å². The highest BCUT2D eigenvalue weighted by molar-refractivity contribution is 5.90. The van der Waals surface area contributed by atoms with Crippen LogP contribution in [0.25, 0.3) is 0 Å². The van der Waals surface area contributed by atoms with Gasteiger partial charge in [-0.2, -0.15) is 5.26 Å². The van der Waals surface area contributed by atoms with E-state index in [1.807, 2.05) is 0 Å². The zero-order chi connectivity index (χ0) is 17.5. The molecule has 24 heavy (non-hydrogen) atoms. The first-order valence-electron chi connectivity index (χ1n) is 7.18. The van der Waals surface area contributed by atoms with Crippen molar-refractivity contribution < 1.29 is 23.5 Å². The normalized spacial score (nSPS) is 9.88. The first-order valence-corrected chi connectivity index (χ1v) is 7.18. The van der Waals surface area contributed by atoms with Crippen LogP contribution in [0, 0.1) is 17.1 Å². The van der Waals surface area contributed by atoms with Gasteiger partial charge in [-0.3, -0.25) is 0 Å². The molecule has 0 heterocycles. The minimum Gasteiger partial charge on any atom is -0.462 e. The van der Waals surface area contributed by atoms with Crippen LogP contribution in [0.2, 0.25) is 0 Å². The zero-order valence-corrected chi connectivity index (χ0v) is 12.9. The van der Waals surface area contributed by atoms with Crippen molar-refractivity contribution in [2.45, 2.75) is 13.5 Å². The summed E-state index contributed by atoms with van der Waals surface area (Å²) in [5.74, 6) is -2.07. The number of hydrogen-bond acceptors (Lipinski definition) is 5. The van der Waals surface area contributed by atoms with Crippen LogP contribution >= 0.6 is 0 Å². The Bertz CT molecular complexity index is 794. The SMILES string of the molecule is CCOC(=O)c1ccc(COC(=O)c2ccc(C#N)cc2F)cc1. The standard InChI is InChI=1S/C18H14FNO4/c1-2-23-17(21)14-6-3-12(4-7-14)11-24-18(22)15-8-5-13(10-20)9-16(15)19/h3-9H,2,11H2,1H3. The number of esters is 2. The summed E-state index contributed by atoms with van der Waals surface area (Å²) in [6, 6.07) is 11.7. The van der Waals surface area contributed by atoms with Gasteiger partial charge in [-0.25, -0.2) is 14.0 Å². The molecule has 0 aliphatic heterocycles. The van der Waals surface area contributed by atoms with Gasteiger partial charge < -0.3 is 9.47 Å². The van der Waals surface area contributed by atoms with Crippen molar-refractivity contribution in [1.82, 2.24) is 0 Å². The lowest BCUT2D eigenvalue weighted by atomic mass is 10.1. The topological polar surface area (TPSA) is 76.4 Å². The average Bonchev–Trinajstić information content (AvgIpc) is 2.60. The fourth-order valence-electron chi connectivity index (χ4n) is 1.93. The van der Waals surface area contributed by atoms with E-state index in [9.17, 15) is 14.0 Å². The third-order valence-electron chi connectivity index (χ3n) is 3.15. The van der Waals surface area contributed by atoms with Crippen LogP contribution in [0.4, 0.5) is 4.39 Å². The van der Waals surface area contributed by atoms with Crippen LogP contribution in [0.3, 0.4) is 0 Å². The third kappa shape index (κ3) is 4.17. The molecule has 2 aromatic rings. The molecule has 0 aromatic heterocycles. The fourth-order valence-corrected chi connectivity index (χ4v) is 1.93. The molecule has 0 radical (unpaired) electrons. The summed E-state index contributed by atoms with van der Waals surface area (Å²) in [7, 11) is 0. The molecule has 0 bridgehead atoms. The Morgan fingerprint density at radius 1 is 1.08 bits per heavy atom. The van der Waals surface area contributed by atoms with E-state index in [4.69, 9.17) is 14.7 Å². The maximum atomic E-state index is 13.7. The Morgan fingerprint density at radius 3 is 2.38 bits per heavy atom. The number of nitriles is 1. The van der Waals surface area contributed by atoms with E-state index in [1.54, 1.807) is 37.3 Å². The lowest BCUT2D eigenvalue weighted by Crippen LogP contribution is -2.08. The molecule has 0 aliphatic rings. The predicted molar refractivity (Wildman–Crippen MR) is 82.6 cm³/mol. The largest absolute Gasteiger partial charge is 0.462 e. The van der Waals surface area contributed by atoms with Crippen LogP contribution in [-0.2, 0) is 16.1 Å². The van der Waals surface area contributed by atoms with Crippen molar-refractivity contribution in [1.29, 1.82) is 5.26 Å². The number of carbonyl (C=O) groups is 2. The van der Waals surface area contributed by atoms with Crippen LogP contribution in [0.15, 0.2) is 42.5 Å². The van der Waals surface area contributed by atoms with Gasteiger partial charge in [0.05, 0.1) is 29.4 Å². The van der Waals surface area contributed by atoms with Gasteiger partial charge in [-0.05, 0) is 42.8 Å². The third-order valence-corrected chi connectivity index (χ3v) is 3.15. The summed E-state index contributed by atoms with van der Waals surface area (Å²) in [5.41, 5.74) is 0.922. The molecular weight excluding hydrogens is 313 g/mol. The number of hydrogen-bond donors (Lipinski definition) is 0. The van der Waals surface area contributed by atoms with Gasteiger partial charge >= 0.3 is 11.9 Å². The summed E-state index contributed by atoms with van der Waals surface area (Å²) in [5, 5.41) is 8.67. The van der Waals surface area contributed by atoms with E-state index in [-0.39, 0.29) is 24.3 Å². The highest BCUT2D eigenvalue weighted by Gasteiger charge is 2.14. The molecule has 2 aromatic carbocycles. The van der Waals surface area contributed by atoms with Gasteiger partial charge in [-0.15, -0.1) is 0 Å². The van der Waals surface area contributed by atoms with Crippen molar-refractivity contribution >= 4 is 11.9 Å². The maximum Gasteiger partial charge on any atom is 0.341 e. The van der Waals surface area contributed by atoms with Gasteiger partial charge in [0.1, 0.15) is 12.4 Å². The fraction of sp³-hybridized carbons (Fsp3) is 0.167. The highest BCUT2D eigenvalue weighted by atomic mass is 19.1. The van der Waals surface area contributed by atoms with Crippen LogP contribution in [-0.4, -0.2) is 18.5 Å². The average molecular weight is 327 g/mol. The summed E-state index contributed by atoms with van der Waals surface area (Å²) in [6.07, 6.45) is 0. The predicted octanol–water partition coefficient (Wildman–Crippen LogP) is 3.23. The molecule has 0 unspecified atom stereocenters. The lowest BCUT2D eigenvalue weighted by Gasteiger charge is -2.07. The van der Waals surface area contributed by atoms with E-state index in [0.717, 1.165) is 6.07 Å². The highest BCUT2D eigenvalue weighted by Crippen LogP contribution is 2.13. The number of ether oxygens (including phenoxy) is 2. The number of nitrogens with zero attached hydrogens (tertiary/aromatic N) is 1. The first-order chi connectivity index (χ1) is 11.5. The minimum atomic E-state index is -0.827. The lowest BCUT2D eigenvalue weighted by molar-refractivity contribution is 0.0464. The summed E-state index contributed by atoms with van der Waals surface area (Å²) in [4.78, 5) is 23.4. The molecular formula is C18H14FNO4. The molecule has 122 valence electrons. The Morgan fingerprint density at radius 2 is 1.79 bits per heavy atom. The molecule has 0 saturated heterocycles. The van der Waals surface area contributed by atoms with E-state index >= 15 is 0 Å². The molecule has 0 spiro atoms. The first kappa shape index (κ1) is 17.2. The van der Waals surface area contributed by atoms with Crippen molar-refractivity contribution in [3.05, 3.63) is 70.5 Å². The minimum absolute atomic E-state index is 0.0681. The van der Waals surface area contributed by atoms with Crippen molar-refractivity contribution in [3.8, 4) is 6.07 Å². The zero-order valence-electron chi connectivity index (χ0n) is 12.9. The summed E-state index contributed by atoms with van der Waals surface area (Å²) >= 11 is 0. The molecule has 0 atom stereocenters. The van der Waals surface area contributed by atoms with Gasteiger partial charge in [0.15, 0.2) is 0 Å². The van der Waals surface area contributed by atoms with E-state index in [1.165, 1.54) is 12.1 Å². The maximum absolute atomic E-state index is 13.7. The number of benzene rings is 2. The molecule has 0 fully saturated rings. The van der Waals surface area contributed by atoms with Gasteiger partial charge in [0.25, 0.3) is 0 Å². The molecule has 6 heteroatoms. The Hall–Kier alpha value is -3.20. The molecule has 0 aliphatic carbocycles. The monoisotopic (exact) mass is 327 g/mol. The van der Waals surface area contributed by atoms with Crippen molar-refractivity contribution in [2.75, 3.05) is 6.61 Å². The van der Waals surface area contributed by atoms with E-state index in [2.05, 4.69) is 0 Å². The van der Waals surface area contributed by atoms with Crippen LogP contribution in [0.5, 0.6) is 0 Å². The Labute approximate surface area is 138 Å². The van der Waals surface area contributed by atoms with Crippen LogP contribution in [0.1, 0.15) is 38.8 Å². The Kier molecular flexibility index (Phi) is 5.63. The quantitative estimate of drug-likeness (QED) is 0.788. The van der Waals surface area contributed by atoms with Crippen LogP contribution < -0.4 is 0 Å². The van der Waals surface area contributed by atoms with Crippen molar-refractivity contribution in [2.24, 2.45) is 0 Å². The second-order valence-corrected chi connectivity index (χ2v) is 4.80. The molecule has 0 saturated carbocycles. The second-order valence-electron chi connectivity index (χ2n) is 4.80. The molecule has 0 amide bonds. The smallest absolute Gasteiger partial charge is 0.341 e. The number of carbonyl (C=O) groups excluding carboxylic acids is 2. The Balaban J connectivity index is 1.99. The van der Waals surface area contributed by atoms with E-state index in [0.29, 0.717) is 11.1 Å². The molecule has 2 rings (SSSR count). The van der Waals surface area contributed by atoms with Gasteiger partial charge in [0, 0.05) is 0 Å². The second kappa shape index (κ2) is 7.88. The summed E-state index contributed by atoms with van der Waals surface area (Å²) in [6.45, 7) is 1.93. The number of halogens is 1. The summed E-state index contributed by atoms with van der Waals surface area (Å²) < 4.78 is 23.6. The van der Waals surface area contributed by atoms with Gasteiger partial charge in [0.2, 0.25) is 0 Å². The molecule has 5 nitrogen and oxygen atoms in total. The number of rotatable bonds is 5.